The van der Waals surface area contributed by atoms with E-state index in [2.05, 4.69) is 0 Å². The van der Waals surface area contributed by atoms with Crippen LogP contribution in [0.25, 0.3) is 0 Å². The summed E-state index contributed by atoms with van der Waals surface area (Å²) < 4.78 is 0. The van der Waals surface area contributed by atoms with Gasteiger partial charge in [0.1, 0.15) is 0 Å². The van der Waals surface area contributed by atoms with Crippen LogP contribution < -0.4 is 0 Å². The molecule has 0 heterocycles. The molecule has 0 aromatic heterocycles. The fourth-order valence-corrected chi connectivity index (χ4v) is 3.37. The molecule has 3 nitrogen and oxygen atoms in total. The van der Waals surface area contributed by atoms with Crippen molar-refractivity contribution in [1.29, 1.82) is 0 Å². The highest BCUT2D eigenvalue weighted by molar-refractivity contribution is 5.66. The van der Waals surface area contributed by atoms with Crippen LogP contribution in [0.5, 0.6) is 0 Å². The Hall–Kier alpha value is -0.570. The quantitative estimate of drug-likeness (QED) is 0.234. The monoisotopic (exact) mass is 356 g/mol. The van der Waals surface area contributed by atoms with Crippen LogP contribution in [0.3, 0.4) is 0 Å². The number of aliphatic hydroxyl groups is 1. The summed E-state index contributed by atoms with van der Waals surface area (Å²) in [4.78, 5) is 10.4. The first-order valence-electron chi connectivity index (χ1n) is 11.0. The Morgan fingerprint density at radius 2 is 0.880 bits per heavy atom. The third kappa shape index (κ3) is 23.4. The standard InChI is InChI=1S/C22H44O3/c1-21(23)19-17-15-13-11-9-7-5-3-2-4-6-8-10-12-14-16-18-20-22(24)25/h21,23H,2-20H2,1H3,(H,24,25). The van der Waals surface area contributed by atoms with Gasteiger partial charge < -0.3 is 10.2 Å². The maximum absolute atomic E-state index is 10.4. The zero-order valence-corrected chi connectivity index (χ0v) is 16.8. The Balaban J connectivity index is 2.99. The van der Waals surface area contributed by atoms with Crippen LogP contribution in [-0.4, -0.2) is 22.3 Å². The van der Waals surface area contributed by atoms with Crippen molar-refractivity contribution in [3.05, 3.63) is 0 Å². The molecule has 1 unspecified atom stereocenters. The lowest BCUT2D eigenvalue weighted by atomic mass is 10.0. The summed E-state index contributed by atoms with van der Waals surface area (Å²) in [5, 5.41) is 17.7. The Labute approximate surface area is 156 Å². The van der Waals surface area contributed by atoms with Crippen LogP contribution in [0.1, 0.15) is 129 Å². The van der Waals surface area contributed by atoms with Crippen LogP contribution in [-0.2, 0) is 4.79 Å². The summed E-state index contributed by atoms with van der Waals surface area (Å²) >= 11 is 0. The van der Waals surface area contributed by atoms with Gasteiger partial charge in [0.2, 0.25) is 0 Å². The van der Waals surface area contributed by atoms with Crippen molar-refractivity contribution in [2.45, 2.75) is 135 Å². The first-order chi connectivity index (χ1) is 12.1. The highest BCUT2D eigenvalue weighted by Gasteiger charge is 1.98. The van der Waals surface area contributed by atoms with E-state index < -0.39 is 5.97 Å². The fraction of sp³-hybridized carbons (Fsp3) is 0.955. The molecule has 0 aliphatic rings. The molecule has 150 valence electrons. The van der Waals surface area contributed by atoms with E-state index in [1.54, 1.807) is 0 Å². The minimum Gasteiger partial charge on any atom is -0.481 e. The van der Waals surface area contributed by atoms with Crippen molar-refractivity contribution >= 4 is 5.97 Å². The molecule has 0 aromatic carbocycles. The molecule has 0 bridgehead atoms. The lowest BCUT2D eigenvalue weighted by Crippen LogP contribution is -1.98. The molecule has 0 spiro atoms. The molecular weight excluding hydrogens is 312 g/mol. The summed E-state index contributed by atoms with van der Waals surface area (Å²) in [5.74, 6) is -0.660. The maximum atomic E-state index is 10.4. The normalized spacial score (nSPS) is 12.4. The van der Waals surface area contributed by atoms with E-state index in [4.69, 9.17) is 5.11 Å². The minimum absolute atomic E-state index is 0.121. The van der Waals surface area contributed by atoms with E-state index in [0.717, 1.165) is 19.3 Å². The topological polar surface area (TPSA) is 57.5 Å². The van der Waals surface area contributed by atoms with Crippen LogP contribution in [0.4, 0.5) is 0 Å². The van der Waals surface area contributed by atoms with Gasteiger partial charge in [0, 0.05) is 6.42 Å². The van der Waals surface area contributed by atoms with Crippen LogP contribution in [0.2, 0.25) is 0 Å². The summed E-state index contributed by atoms with van der Waals surface area (Å²) in [7, 11) is 0. The molecule has 0 aliphatic carbocycles. The van der Waals surface area contributed by atoms with Crippen molar-refractivity contribution in [2.24, 2.45) is 0 Å². The zero-order valence-electron chi connectivity index (χ0n) is 16.8. The molecule has 0 amide bonds. The Morgan fingerprint density at radius 3 is 1.16 bits per heavy atom. The van der Waals surface area contributed by atoms with Gasteiger partial charge in [0.25, 0.3) is 0 Å². The SMILES string of the molecule is CC(O)CCCCCCCCCCCCCCCCCCCC(=O)O. The van der Waals surface area contributed by atoms with Gasteiger partial charge in [0.15, 0.2) is 0 Å². The average molecular weight is 357 g/mol. The number of unbranched alkanes of at least 4 members (excludes halogenated alkanes) is 16. The molecule has 0 saturated heterocycles. The molecule has 0 fully saturated rings. The van der Waals surface area contributed by atoms with Gasteiger partial charge >= 0.3 is 5.97 Å². The first-order valence-corrected chi connectivity index (χ1v) is 11.0. The average Bonchev–Trinajstić information content (AvgIpc) is 2.56. The number of carbonyl (C=O) groups is 1. The Bertz CT molecular complexity index is 276. The van der Waals surface area contributed by atoms with Gasteiger partial charge in [-0.05, 0) is 19.8 Å². The third-order valence-corrected chi connectivity index (χ3v) is 5.01. The molecule has 0 aromatic rings. The highest BCUT2D eigenvalue weighted by Crippen LogP contribution is 2.14. The zero-order chi connectivity index (χ0) is 18.6. The number of hydrogen-bond donors (Lipinski definition) is 2. The molecule has 25 heavy (non-hydrogen) atoms. The first kappa shape index (κ1) is 24.4. The van der Waals surface area contributed by atoms with Gasteiger partial charge in [-0.15, -0.1) is 0 Å². The van der Waals surface area contributed by atoms with Crippen LogP contribution >= 0.6 is 0 Å². The van der Waals surface area contributed by atoms with Crippen molar-refractivity contribution < 1.29 is 15.0 Å². The van der Waals surface area contributed by atoms with Crippen LogP contribution in [0, 0.1) is 0 Å². The van der Waals surface area contributed by atoms with E-state index in [9.17, 15) is 9.90 Å². The molecule has 0 radical (unpaired) electrons. The number of carboxylic acid groups (broad SMARTS) is 1. The second-order valence-corrected chi connectivity index (χ2v) is 7.79. The minimum atomic E-state index is -0.660. The molecule has 1 atom stereocenters. The smallest absolute Gasteiger partial charge is 0.303 e. The van der Waals surface area contributed by atoms with Crippen LogP contribution in [0.15, 0.2) is 0 Å². The second kappa shape index (κ2) is 19.8. The number of aliphatic carboxylic acids is 1. The number of hydrogen-bond acceptors (Lipinski definition) is 2. The van der Waals surface area contributed by atoms with E-state index in [1.165, 1.54) is 96.3 Å². The van der Waals surface area contributed by atoms with Crippen molar-refractivity contribution in [3.8, 4) is 0 Å². The van der Waals surface area contributed by atoms with Crippen molar-refractivity contribution in [1.82, 2.24) is 0 Å². The predicted molar refractivity (Wildman–Crippen MR) is 107 cm³/mol. The van der Waals surface area contributed by atoms with Crippen molar-refractivity contribution in [3.63, 3.8) is 0 Å². The number of aliphatic hydroxyl groups excluding tert-OH is 1. The number of carboxylic acids is 1. The number of rotatable bonds is 20. The van der Waals surface area contributed by atoms with Crippen molar-refractivity contribution in [2.75, 3.05) is 0 Å². The molecule has 0 saturated carbocycles. The second-order valence-electron chi connectivity index (χ2n) is 7.79. The van der Waals surface area contributed by atoms with E-state index in [-0.39, 0.29) is 6.10 Å². The third-order valence-electron chi connectivity index (χ3n) is 5.01. The van der Waals surface area contributed by atoms with Gasteiger partial charge in [-0.1, -0.05) is 103 Å². The van der Waals surface area contributed by atoms with Gasteiger partial charge in [-0.25, -0.2) is 0 Å². The summed E-state index contributed by atoms with van der Waals surface area (Å²) in [6.07, 6.45) is 23.2. The summed E-state index contributed by atoms with van der Waals surface area (Å²) in [5.41, 5.74) is 0. The molecule has 3 heteroatoms. The van der Waals surface area contributed by atoms with E-state index in [1.807, 2.05) is 6.92 Å². The Morgan fingerprint density at radius 1 is 0.600 bits per heavy atom. The van der Waals surface area contributed by atoms with E-state index >= 15 is 0 Å². The largest absolute Gasteiger partial charge is 0.481 e. The fourth-order valence-electron chi connectivity index (χ4n) is 3.37. The molecule has 0 rings (SSSR count). The molecule has 0 aliphatic heterocycles. The van der Waals surface area contributed by atoms with Gasteiger partial charge in [-0.2, -0.15) is 0 Å². The maximum Gasteiger partial charge on any atom is 0.303 e. The predicted octanol–water partition coefficient (Wildman–Crippen LogP) is 6.86. The van der Waals surface area contributed by atoms with E-state index in [0.29, 0.717) is 6.42 Å². The summed E-state index contributed by atoms with van der Waals surface area (Å²) in [6, 6.07) is 0. The van der Waals surface area contributed by atoms with Gasteiger partial charge in [0.05, 0.1) is 6.10 Å². The van der Waals surface area contributed by atoms with Gasteiger partial charge in [-0.3, -0.25) is 4.79 Å². The molecule has 2 N–H and O–H groups in total. The summed E-state index contributed by atoms with van der Waals surface area (Å²) in [6.45, 7) is 1.88. The molecular formula is C22H44O3. The lowest BCUT2D eigenvalue weighted by Gasteiger charge is -2.04. The highest BCUT2D eigenvalue weighted by atomic mass is 16.4. The lowest BCUT2D eigenvalue weighted by molar-refractivity contribution is -0.137. The Kier molecular flexibility index (Phi) is 19.3.